The lowest BCUT2D eigenvalue weighted by Crippen LogP contribution is -2.36. The van der Waals surface area contributed by atoms with Crippen molar-refractivity contribution in [2.75, 3.05) is 12.9 Å². The molecule has 1 saturated carbocycles. The summed E-state index contributed by atoms with van der Waals surface area (Å²) in [4.78, 5) is 4.75. The first-order valence-electron chi connectivity index (χ1n) is 7.07. The van der Waals surface area contributed by atoms with E-state index in [1.807, 2.05) is 6.92 Å². The van der Waals surface area contributed by atoms with E-state index in [1.165, 1.54) is 7.11 Å². The maximum Gasteiger partial charge on any atom is 0.389 e. The third kappa shape index (κ3) is 5.42. The Balaban J connectivity index is 2.64. The highest BCUT2D eigenvalue weighted by atomic mass is 32.2. The number of halogens is 3. The molecule has 0 amide bonds. The number of hydrogen-bond acceptors (Lipinski definition) is 4. The standard InChI is InChI=1S/C14H21F3N2OS/c1-3-13(10-18,21-9-8-14(15,16)17)11-4-6-12(7-5-11)19-20-2/h11H,3-9H2,1-2H3. The van der Waals surface area contributed by atoms with Crippen LogP contribution in [0.3, 0.4) is 0 Å². The van der Waals surface area contributed by atoms with Gasteiger partial charge in [-0.25, -0.2) is 0 Å². The molecule has 0 radical (unpaired) electrons. The van der Waals surface area contributed by atoms with Crippen molar-refractivity contribution in [1.29, 1.82) is 5.26 Å². The Labute approximate surface area is 127 Å². The first-order valence-corrected chi connectivity index (χ1v) is 8.06. The van der Waals surface area contributed by atoms with Gasteiger partial charge in [0, 0.05) is 5.75 Å². The minimum absolute atomic E-state index is 0.0551. The predicted molar refractivity (Wildman–Crippen MR) is 78.2 cm³/mol. The molecule has 3 nitrogen and oxygen atoms in total. The number of hydrogen-bond donors (Lipinski definition) is 0. The summed E-state index contributed by atoms with van der Waals surface area (Å²) < 4.78 is 36.2. The van der Waals surface area contributed by atoms with Crippen molar-refractivity contribution in [2.45, 2.75) is 56.4 Å². The Kier molecular flexibility index (Phi) is 6.85. The summed E-state index contributed by atoms with van der Waals surface area (Å²) in [5.74, 6) is 0.0574. The van der Waals surface area contributed by atoms with E-state index in [0.29, 0.717) is 6.42 Å². The zero-order valence-electron chi connectivity index (χ0n) is 12.4. The third-order valence-electron chi connectivity index (χ3n) is 3.90. The van der Waals surface area contributed by atoms with E-state index in [4.69, 9.17) is 4.84 Å². The minimum atomic E-state index is -4.16. The number of alkyl halides is 3. The van der Waals surface area contributed by atoms with Crippen molar-refractivity contribution in [3.8, 4) is 6.07 Å². The molecule has 1 aliphatic rings. The average molecular weight is 322 g/mol. The van der Waals surface area contributed by atoms with Crippen LogP contribution in [0.5, 0.6) is 0 Å². The normalized spacial score (nSPS) is 22.3. The van der Waals surface area contributed by atoms with Crippen LogP contribution in [-0.4, -0.2) is 29.5 Å². The molecule has 0 bridgehead atoms. The highest BCUT2D eigenvalue weighted by Gasteiger charge is 2.40. The van der Waals surface area contributed by atoms with E-state index >= 15 is 0 Å². The molecular formula is C14H21F3N2OS. The van der Waals surface area contributed by atoms with E-state index in [0.717, 1.165) is 43.2 Å². The molecule has 1 atom stereocenters. The fourth-order valence-corrected chi connectivity index (χ4v) is 4.14. The molecule has 0 aromatic carbocycles. The zero-order valence-corrected chi connectivity index (χ0v) is 13.2. The first kappa shape index (κ1) is 18.1. The third-order valence-corrected chi connectivity index (χ3v) is 5.54. The smallest absolute Gasteiger partial charge is 0.389 e. The highest BCUT2D eigenvalue weighted by molar-refractivity contribution is 8.00. The summed E-state index contributed by atoms with van der Waals surface area (Å²) in [5.41, 5.74) is 0.969. The first-order chi connectivity index (χ1) is 9.87. The van der Waals surface area contributed by atoms with Crippen molar-refractivity contribution in [3.05, 3.63) is 0 Å². The summed E-state index contributed by atoms with van der Waals surface area (Å²) in [6.07, 6.45) is -1.38. The molecule has 1 aliphatic carbocycles. The van der Waals surface area contributed by atoms with E-state index in [9.17, 15) is 18.4 Å². The van der Waals surface area contributed by atoms with Crippen molar-refractivity contribution in [1.82, 2.24) is 0 Å². The molecule has 0 aromatic rings. The van der Waals surface area contributed by atoms with Crippen LogP contribution in [0.2, 0.25) is 0 Å². The molecule has 0 heterocycles. The van der Waals surface area contributed by atoms with Crippen molar-refractivity contribution >= 4 is 17.5 Å². The molecule has 0 spiro atoms. The summed E-state index contributed by atoms with van der Waals surface area (Å²) >= 11 is 1.16. The molecule has 120 valence electrons. The van der Waals surface area contributed by atoms with Gasteiger partial charge in [-0.05, 0) is 38.0 Å². The van der Waals surface area contributed by atoms with E-state index < -0.39 is 17.3 Å². The van der Waals surface area contributed by atoms with Crippen LogP contribution < -0.4 is 0 Å². The van der Waals surface area contributed by atoms with Gasteiger partial charge >= 0.3 is 6.18 Å². The molecule has 0 saturated heterocycles. The van der Waals surface area contributed by atoms with Crippen molar-refractivity contribution in [3.63, 3.8) is 0 Å². The Morgan fingerprint density at radius 2 is 2.00 bits per heavy atom. The van der Waals surface area contributed by atoms with Gasteiger partial charge in [-0.2, -0.15) is 18.4 Å². The quantitative estimate of drug-likeness (QED) is 0.675. The van der Waals surface area contributed by atoms with Crippen molar-refractivity contribution in [2.24, 2.45) is 11.1 Å². The van der Waals surface area contributed by atoms with Gasteiger partial charge in [-0.15, -0.1) is 11.8 Å². The van der Waals surface area contributed by atoms with Gasteiger partial charge in [-0.1, -0.05) is 12.1 Å². The molecule has 1 fully saturated rings. The Morgan fingerprint density at radius 3 is 2.43 bits per heavy atom. The van der Waals surface area contributed by atoms with E-state index in [-0.39, 0.29) is 11.7 Å². The van der Waals surface area contributed by atoms with Gasteiger partial charge < -0.3 is 4.84 Å². The van der Waals surface area contributed by atoms with Crippen LogP contribution in [0.15, 0.2) is 5.16 Å². The monoisotopic (exact) mass is 322 g/mol. The average Bonchev–Trinajstić information content (AvgIpc) is 2.44. The Bertz CT molecular complexity index is 396. The van der Waals surface area contributed by atoms with Gasteiger partial charge in [-0.3, -0.25) is 0 Å². The second-order valence-electron chi connectivity index (χ2n) is 5.18. The topological polar surface area (TPSA) is 45.4 Å². The summed E-state index contributed by atoms with van der Waals surface area (Å²) in [6.45, 7) is 1.88. The molecule has 0 N–H and O–H groups in total. The zero-order chi connectivity index (χ0) is 15.9. The SMILES string of the molecule is CCC(C#N)(SCCC(F)(F)F)C1CCC(=NOC)CC1. The summed E-state index contributed by atoms with van der Waals surface area (Å²) in [6, 6.07) is 2.29. The summed E-state index contributed by atoms with van der Waals surface area (Å²) in [5, 5.41) is 13.4. The number of thioether (sulfide) groups is 1. The lowest BCUT2D eigenvalue weighted by atomic mass is 9.78. The molecule has 1 rings (SSSR count). The second-order valence-corrected chi connectivity index (χ2v) is 6.61. The largest absolute Gasteiger partial charge is 0.399 e. The predicted octanol–water partition coefficient (Wildman–Crippen LogP) is 4.54. The van der Waals surface area contributed by atoms with E-state index in [1.54, 1.807) is 0 Å². The van der Waals surface area contributed by atoms with Gasteiger partial charge in [0.1, 0.15) is 11.9 Å². The van der Waals surface area contributed by atoms with Crippen LogP contribution in [0.4, 0.5) is 13.2 Å². The van der Waals surface area contributed by atoms with Crippen LogP contribution in [0.1, 0.15) is 45.4 Å². The van der Waals surface area contributed by atoms with Crippen LogP contribution >= 0.6 is 11.8 Å². The fraction of sp³-hybridized carbons (Fsp3) is 0.857. The van der Waals surface area contributed by atoms with Gasteiger partial charge in [0.2, 0.25) is 0 Å². The number of rotatable bonds is 6. The van der Waals surface area contributed by atoms with Gasteiger partial charge in [0.05, 0.1) is 18.2 Å². The minimum Gasteiger partial charge on any atom is -0.399 e. The maximum absolute atomic E-state index is 12.3. The van der Waals surface area contributed by atoms with E-state index in [2.05, 4.69) is 11.2 Å². The maximum atomic E-state index is 12.3. The van der Waals surface area contributed by atoms with Crippen molar-refractivity contribution < 1.29 is 18.0 Å². The Morgan fingerprint density at radius 1 is 1.38 bits per heavy atom. The lowest BCUT2D eigenvalue weighted by Gasteiger charge is -2.36. The second kappa shape index (κ2) is 7.92. The highest BCUT2D eigenvalue weighted by Crippen LogP contribution is 2.44. The fourth-order valence-electron chi connectivity index (χ4n) is 2.70. The molecule has 21 heavy (non-hydrogen) atoms. The van der Waals surface area contributed by atoms with Gasteiger partial charge in [0.25, 0.3) is 0 Å². The van der Waals surface area contributed by atoms with Crippen LogP contribution in [0.25, 0.3) is 0 Å². The van der Waals surface area contributed by atoms with Crippen LogP contribution in [-0.2, 0) is 4.84 Å². The molecule has 7 heteroatoms. The molecular weight excluding hydrogens is 301 g/mol. The number of nitriles is 1. The summed E-state index contributed by atoms with van der Waals surface area (Å²) in [7, 11) is 1.50. The Hall–Kier alpha value is -0.900. The lowest BCUT2D eigenvalue weighted by molar-refractivity contribution is -0.129. The molecule has 0 aliphatic heterocycles. The van der Waals surface area contributed by atoms with Crippen LogP contribution in [0, 0.1) is 17.2 Å². The number of nitrogens with zero attached hydrogens (tertiary/aromatic N) is 2. The number of oxime groups is 1. The molecule has 0 aromatic heterocycles. The molecule has 1 unspecified atom stereocenters. The van der Waals surface area contributed by atoms with Gasteiger partial charge in [0.15, 0.2) is 0 Å².